The Morgan fingerprint density at radius 3 is 2.72 bits per heavy atom. The molecule has 6 heteroatoms. The van der Waals surface area contributed by atoms with Gasteiger partial charge in [0.1, 0.15) is 5.75 Å². The number of para-hydroxylation sites is 1. The van der Waals surface area contributed by atoms with E-state index in [9.17, 15) is 0 Å². The predicted molar refractivity (Wildman–Crippen MR) is 114 cm³/mol. The largest absolute Gasteiger partial charge is 0.496 e. The summed E-state index contributed by atoms with van der Waals surface area (Å²) >= 11 is 0. The molecule has 0 fully saturated rings. The summed E-state index contributed by atoms with van der Waals surface area (Å²) in [5, 5.41) is 6.77. The van der Waals surface area contributed by atoms with Crippen molar-refractivity contribution in [3.05, 3.63) is 59.4 Å². The summed E-state index contributed by atoms with van der Waals surface area (Å²) in [5.74, 6) is 1.65. The van der Waals surface area contributed by atoms with Crippen LogP contribution in [0.15, 0.2) is 47.7 Å². The van der Waals surface area contributed by atoms with Gasteiger partial charge in [-0.3, -0.25) is 9.98 Å². The lowest BCUT2D eigenvalue weighted by Crippen LogP contribution is -2.39. The molecule has 2 rings (SSSR count). The van der Waals surface area contributed by atoms with Crippen molar-refractivity contribution < 1.29 is 4.74 Å². The zero-order chi connectivity index (χ0) is 17.4. The van der Waals surface area contributed by atoms with Gasteiger partial charge in [-0.2, -0.15) is 0 Å². The van der Waals surface area contributed by atoms with Gasteiger partial charge < -0.3 is 15.4 Å². The van der Waals surface area contributed by atoms with Gasteiger partial charge in [0, 0.05) is 31.5 Å². The number of nitrogens with zero attached hydrogens (tertiary/aromatic N) is 2. The highest BCUT2D eigenvalue weighted by atomic mass is 127. The number of rotatable bonds is 6. The van der Waals surface area contributed by atoms with Crippen LogP contribution in [0.3, 0.4) is 0 Å². The van der Waals surface area contributed by atoms with Gasteiger partial charge in [0.15, 0.2) is 5.96 Å². The summed E-state index contributed by atoms with van der Waals surface area (Å²) in [6.45, 7) is 4.99. The number of aryl methyl sites for hydroxylation is 1. The molecule has 25 heavy (non-hydrogen) atoms. The number of ether oxygens (including phenoxy) is 1. The molecule has 1 unspecified atom stereocenters. The number of hydrogen-bond acceptors (Lipinski definition) is 3. The van der Waals surface area contributed by atoms with Crippen molar-refractivity contribution in [2.75, 3.05) is 20.7 Å². The van der Waals surface area contributed by atoms with E-state index in [0.29, 0.717) is 0 Å². The number of guanidine groups is 1. The lowest BCUT2D eigenvalue weighted by atomic mass is 10.1. The van der Waals surface area contributed by atoms with Crippen LogP contribution in [-0.2, 0) is 6.42 Å². The third-order valence-corrected chi connectivity index (χ3v) is 4.01. The van der Waals surface area contributed by atoms with E-state index in [4.69, 9.17) is 4.74 Å². The van der Waals surface area contributed by atoms with E-state index < -0.39 is 0 Å². The SMILES string of the molecule is CN=C(NCCc1ccncc1C)NC(C)c1ccccc1OC.I. The molecule has 136 valence electrons. The molecule has 1 heterocycles. The van der Waals surface area contributed by atoms with Crippen molar-refractivity contribution in [3.8, 4) is 5.75 Å². The molecule has 1 atom stereocenters. The van der Waals surface area contributed by atoms with E-state index in [1.54, 1.807) is 14.2 Å². The first kappa shape index (κ1) is 21.2. The maximum absolute atomic E-state index is 5.43. The highest BCUT2D eigenvalue weighted by Gasteiger charge is 2.12. The van der Waals surface area contributed by atoms with Crippen LogP contribution in [0.5, 0.6) is 5.75 Å². The first-order valence-corrected chi connectivity index (χ1v) is 8.15. The average molecular weight is 454 g/mol. The molecule has 0 amide bonds. The second-order valence-electron chi connectivity index (χ2n) is 5.66. The molecule has 0 aliphatic rings. The van der Waals surface area contributed by atoms with Crippen LogP contribution in [0.1, 0.15) is 29.7 Å². The van der Waals surface area contributed by atoms with Gasteiger partial charge in [0.05, 0.1) is 13.2 Å². The number of benzene rings is 1. The third kappa shape index (κ3) is 6.19. The zero-order valence-corrected chi connectivity index (χ0v) is 17.6. The summed E-state index contributed by atoms with van der Waals surface area (Å²) in [4.78, 5) is 8.43. The van der Waals surface area contributed by atoms with Crippen LogP contribution in [0, 0.1) is 6.92 Å². The number of aromatic nitrogens is 1. The topological polar surface area (TPSA) is 58.5 Å². The Morgan fingerprint density at radius 1 is 1.28 bits per heavy atom. The fourth-order valence-electron chi connectivity index (χ4n) is 2.60. The molecule has 2 N–H and O–H groups in total. The molecular formula is C19H27IN4O. The van der Waals surface area contributed by atoms with E-state index in [0.717, 1.165) is 30.2 Å². The van der Waals surface area contributed by atoms with Crippen molar-refractivity contribution in [3.63, 3.8) is 0 Å². The van der Waals surface area contributed by atoms with E-state index in [1.165, 1.54) is 11.1 Å². The van der Waals surface area contributed by atoms with Gasteiger partial charge in [0.2, 0.25) is 0 Å². The van der Waals surface area contributed by atoms with Crippen LogP contribution in [0.4, 0.5) is 0 Å². The molecule has 0 saturated carbocycles. The molecular weight excluding hydrogens is 427 g/mol. The van der Waals surface area contributed by atoms with E-state index in [2.05, 4.69) is 46.6 Å². The van der Waals surface area contributed by atoms with Crippen molar-refractivity contribution in [1.82, 2.24) is 15.6 Å². The van der Waals surface area contributed by atoms with E-state index >= 15 is 0 Å². The Morgan fingerprint density at radius 2 is 2.04 bits per heavy atom. The summed E-state index contributed by atoms with van der Waals surface area (Å²) in [7, 11) is 3.47. The number of aliphatic imine (C=N–C) groups is 1. The molecule has 1 aromatic carbocycles. The number of halogens is 1. The normalized spacial score (nSPS) is 12.1. The second kappa shape index (κ2) is 10.9. The summed E-state index contributed by atoms with van der Waals surface area (Å²) in [6.07, 6.45) is 4.66. The predicted octanol–water partition coefficient (Wildman–Crippen LogP) is 3.49. The molecule has 5 nitrogen and oxygen atoms in total. The zero-order valence-electron chi connectivity index (χ0n) is 15.2. The third-order valence-electron chi connectivity index (χ3n) is 4.01. The molecule has 0 radical (unpaired) electrons. The molecule has 0 bridgehead atoms. The lowest BCUT2D eigenvalue weighted by Gasteiger charge is -2.20. The Labute approximate surface area is 167 Å². The first-order valence-electron chi connectivity index (χ1n) is 8.15. The van der Waals surface area contributed by atoms with Crippen molar-refractivity contribution in [2.45, 2.75) is 26.3 Å². The summed E-state index contributed by atoms with van der Waals surface area (Å²) in [5.41, 5.74) is 3.61. The summed E-state index contributed by atoms with van der Waals surface area (Å²) < 4.78 is 5.43. The van der Waals surface area contributed by atoms with Crippen LogP contribution in [0.2, 0.25) is 0 Å². The minimum atomic E-state index is 0. The molecule has 0 saturated heterocycles. The average Bonchev–Trinajstić information content (AvgIpc) is 2.62. The molecule has 0 aliphatic heterocycles. The molecule has 0 spiro atoms. The van der Waals surface area contributed by atoms with Crippen LogP contribution >= 0.6 is 24.0 Å². The Hall–Kier alpha value is -1.83. The second-order valence-corrected chi connectivity index (χ2v) is 5.66. The van der Waals surface area contributed by atoms with Crippen LogP contribution < -0.4 is 15.4 Å². The van der Waals surface area contributed by atoms with Gasteiger partial charge in [-0.25, -0.2) is 0 Å². The van der Waals surface area contributed by atoms with Crippen molar-refractivity contribution >= 4 is 29.9 Å². The van der Waals surface area contributed by atoms with Gasteiger partial charge in [0.25, 0.3) is 0 Å². The van der Waals surface area contributed by atoms with Gasteiger partial charge in [-0.05, 0) is 43.5 Å². The van der Waals surface area contributed by atoms with Gasteiger partial charge in [-0.15, -0.1) is 24.0 Å². The molecule has 0 aliphatic carbocycles. The van der Waals surface area contributed by atoms with Crippen molar-refractivity contribution in [1.29, 1.82) is 0 Å². The summed E-state index contributed by atoms with van der Waals surface area (Å²) in [6, 6.07) is 10.2. The Balaban J connectivity index is 0.00000312. The van der Waals surface area contributed by atoms with Crippen molar-refractivity contribution in [2.24, 2.45) is 4.99 Å². The van der Waals surface area contributed by atoms with Crippen LogP contribution in [-0.4, -0.2) is 31.6 Å². The minimum Gasteiger partial charge on any atom is -0.496 e. The standard InChI is InChI=1S/C19H26N4O.HI/c1-14-13-21-11-9-16(14)10-12-22-19(20-3)23-15(2)17-7-5-6-8-18(17)24-4;/h5-9,11,13,15H,10,12H2,1-4H3,(H2,20,22,23);1H. The van der Waals surface area contributed by atoms with E-state index in [-0.39, 0.29) is 30.0 Å². The van der Waals surface area contributed by atoms with E-state index in [1.807, 2.05) is 30.6 Å². The molecule has 1 aromatic heterocycles. The number of pyridine rings is 1. The monoisotopic (exact) mass is 454 g/mol. The maximum atomic E-state index is 5.43. The fourth-order valence-corrected chi connectivity index (χ4v) is 2.60. The Bertz CT molecular complexity index is 691. The number of methoxy groups -OCH3 is 1. The highest BCUT2D eigenvalue weighted by Crippen LogP contribution is 2.24. The molecule has 2 aromatic rings. The number of nitrogens with one attached hydrogen (secondary N) is 2. The quantitative estimate of drug-likeness (QED) is 0.399. The highest BCUT2D eigenvalue weighted by molar-refractivity contribution is 14.0. The Kier molecular flexibility index (Phi) is 9.26. The smallest absolute Gasteiger partial charge is 0.191 e. The van der Waals surface area contributed by atoms with Gasteiger partial charge in [-0.1, -0.05) is 18.2 Å². The fraction of sp³-hybridized carbons (Fsp3) is 0.368. The number of hydrogen-bond donors (Lipinski definition) is 2. The van der Waals surface area contributed by atoms with Crippen LogP contribution in [0.25, 0.3) is 0 Å². The maximum Gasteiger partial charge on any atom is 0.191 e. The first-order chi connectivity index (χ1) is 11.7. The lowest BCUT2D eigenvalue weighted by molar-refractivity contribution is 0.405. The minimum absolute atomic E-state index is 0. The van der Waals surface area contributed by atoms with Gasteiger partial charge >= 0.3 is 0 Å².